The van der Waals surface area contributed by atoms with Crippen molar-refractivity contribution in [3.63, 3.8) is 0 Å². The van der Waals surface area contributed by atoms with Crippen LogP contribution in [0, 0.1) is 0 Å². The number of nitrogens with zero attached hydrogens (tertiary/aromatic N) is 3. The van der Waals surface area contributed by atoms with Gasteiger partial charge in [-0.1, -0.05) is 25.0 Å². The number of para-hydroxylation sites is 2. The van der Waals surface area contributed by atoms with Gasteiger partial charge in [0.25, 0.3) is 0 Å². The van der Waals surface area contributed by atoms with Gasteiger partial charge in [-0.2, -0.15) is 0 Å². The van der Waals surface area contributed by atoms with Crippen LogP contribution in [0.25, 0.3) is 11.0 Å². The second-order valence-electron chi connectivity index (χ2n) is 7.32. The highest BCUT2D eigenvalue weighted by molar-refractivity contribution is 5.78. The quantitative estimate of drug-likeness (QED) is 0.902. The summed E-state index contributed by atoms with van der Waals surface area (Å²) >= 11 is 0. The minimum Gasteiger partial charge on any atom is -0.342 e. The fraction of sp³-hybridized carbons (Fsp3) is 0.600. The van der Waals surface area contributed by atoms with E-state index in [2.05, 4.69) is 36.7 Å². The van der Waals surface area contributed by atoms with Crippen molar-refractivity contribution in [3.05, 3.63) is 30.1 Å². The van der Waals surface area contributed by atoms with Gasteiger partial charge in [-0.25, -0.2) is 4.98 Å². The van der Waals surface area contributed by atoms with E-state index in [-0.39, 0.29) is 11.9 Å². The van der Waals surface area contributed by atoms with Crippen LogP contribution < -0.4 is 5.32 Å². The van der Waals surface area contributed by atoms with Gasteiger partial charge >= 0.3 is 0 Å². The molecule has 1 aromatic carbocycles. The largest absolute Gasteiger partial charge is 0.342 e. The molecule has 1 aliphatic heterocycles. The Morgan fingerprint density at radius 1 is 1.12 bits per heavy atom. The molecule has 0 saturated carbocycles. The number of rotatable bonds is 5. The SMILES string of the molecule is CC(C)n1c([C@H](C)NCC(=O)N2CCCCCC2)nc2ccccc21. The normalized spacial score (nSPS) is 17.0. The van der Waals surface area contributed by atoms with E-state index in [1.807, 2.05) is 23.1 Å². The summed E-state index contributed by atoms with van der Waals surface area (Å²) in [5.74, 6) is 1.21. The Morgan fingerprint density at radius 2 is 1.80 bits per heavy atom. The van der Waals surface area contributed by atoms with Crippen molar-refractivity contribution in [2.45, 2.75) is 58.5 Å². The van der Waals surface area contributed by atoms with Crippen LogP contribution in [0.15, 0.2) is 24.3 Å². The zero-order valence-electron chi connectivity index (χ0n) is 15.7. The third-order valence-corrected chi connectivity index (χ3v) is 5.05. The fourth-order valence-electron chi connectivity index (χ4n) is 3.67. The van der Waals surface area contributed by atoms with E-state index in [9.17, 15) is 4.79 Å². The minimum absolute atomic E-state index is 0.0331. The Morgan fingerprint density at radius 3 is 2.48 bits per heavy atom. The lowest BCUT2D eigenvalue weighted by molar-refractivity contribution is -0.130. The first-order valence-corrected chi connectivity index (χ1v) is 9.56. The minimum atomic E-state index is 0.0331. The lowest BCUT2D eigenvalue weighted by Crippen LogP contribution is -2.39. The van der Waals surface area contributed by atoms with Crippen molar-refractivity contribution in [3.8, 4) is 0 Å². The van der Waals surface area contributed by atoms with E-state index in [1.165, 1.54) is 12.8 Å². The van der Waals surface area contributed by atoms with Crippen LogP contribution >= 0.6 is 0 Å². The highest BCUT2D eigenvalue weighted by Gasteiger charge is 2.20. The molecular formula is C20H30N4O. The lowest BCUT2D eigenvalue weighted by Gasteiger charge is -2.23. The molecule has 5 nitrogen and oxygen atoms in total. The molecule has 1 saturated heterocycles. The van der Waals surface area contributed by atoms with Gasteiger partial charge in [0.2, 0.25) is 5.91 Å². The van der Waals surface area contributed by atoms with E-state index >= 15 is 0 Å². The van der Waals surface area contributed by atoms with E-state index in [0.29, 0.717) is 12.6 Å². The standard InChI is InChI=1S/C20H30N4O/c1-15(2)24-18-11-7-6-10-17(18)22-20(24)16(3)21-14-19(25)23-12-8-4-5-9-13-23/h6-7,10-11,15-16,21H,4-5,8-9,12-14H2,1-3H3/t16-/m0/s1. The Kier molecular flexibility index (Phi) is 5.74. The van der Waals surface area contributed by atoms with Crippen molar-refractivity contribution in [2.75, 3.05) is 19.6 Å². The number of aromatic nitrogens is 2. The average molecular weight is 342 g/mol. The maximum Gasteiger partial charge on any atom is 0.236 e. The maximum absolute atomic E-state index is 12.5. The van der Waals surface area contributed by atoms with Crippen molar-refractivity contribution in [1.82, 2.24) is 19.8 Å². The van der Waals surface area contributed by atoms with Gasteiger partial charge in [0, 0.05) is 19.1 Å². The molecule has 0 unspecified atom stereocenters. The molecule has 5 heteroatoms. The van der Waals surface area contributed by atoms with Gasteiger partial charge in [0.1, 0.15) is 5.82 Å². The zero-order chi connectivity index (χ0) is 17.8. The van der Waals surface area contributed by atoms with Crippen LogP contribution in [-0.2, 0) is 4.79 Å². The monoisotopic (exact) mass is 342 g/mol. The molecule has 1 N–H and O–H groups in total. The van der Waals surface area contributed by atoms with E-state index in [0.717, 1.165) is 42.8 Å². The third-order valence-electron chi connectivity index (χ3n) is 5.05. The number of fused-ring (bicyclic) bond motifs is 1. The van der Waals surface area contributed by atoms with Gasteiger partial charge in [0.15, 0.2) is 0 Å². The topological polar surface area (TPSA) is 50.2 Å². The predicted octanol–water partition coefficient (Wildman–Crippen LogP) is 3.67. The van der Waals surface area contributed by atoms with Gasteiger partial charge in [-0.05, 0) is 45.7 Å². The Hall–Kier alpha value is -1.88. The summed E-state index contributed by atoms with van der Waals surface area (Å²) in [6, 6.07) is 8.59. The molecule has 1 aliphatic rings. The van der Waals surface area contributed by atoms with E-state index < -0.39 is 0 Å². The molecule has 3 rings (SSSR count). The first kappa shape index (κ1) is 17.9. The number of carbonyl (C=O) groups is 1. The van der Waals surface area contributed by atoms with Crippen LogP contribution in [-0.4, -0.2) is 40.0 Å². The summed E-state index contributed by atoms with van der Waals surface area (Å²) in [7, 11) is 0. The van der Waals surface area contributed by atoms with Crippen molar-refractivity contribution < 1.29 is 4.79 Å². The smallest absolute Gasteiger partial charge is 0.236 e. The van der Waals surface area contributed by atoms with Crippen LogP contribution in [0.2, 0.25) is 0 Å². The number of hydrogen-bond acceptors (Lipinski definition) is 3. The van der Waals surface area contributed by atoms with Gasteiger partial charge in [-0.15, -0.1) is 0 Å². The molecule has 1 amide bonds. The van der Waals surface area contributed by atoms with E-state index in [1.54, 1.807) is 0 Å². The molecule has 2 aromatic rings. The molecule has 0 spiro atoms. The highest BCUT2D eigenvalue weighted by atomic mass is 16.2. The molecule has 1 atom stereocenters. The molecule has 0 bridgehead atoms. The van der Waals surface area contributed by atoms with Gasteiger partial charge < -0.3 is 9.47 Å². The number of amides is 1. The van der Waals surface area contributed by atoms with Crippen LogP contribution in [0.4, 0.5) is 0 Å². The Labute approximate surface area is 150 Å². The Bertz CT molecular complexity index is 714. The molecule has 1 aromatic heterocycles. The van der Waals surface area contributed by atoms with Crippen LogP contribution in [0.5, 0.6) is 0 Å². The second-order valence-corrected chi connectivity index (χ2v) is 7.32. The number of hydrogen-bond donors (Lipinski definition) is 1. The van der Waals surface area contributed by atoms with Crippen molar-refractivity contribution in [1.29, 1.82) is 0 Å². The molecular weight excluding hydrogens is 312 g/mol. The Balaban J connectivity index is 1.70. The molecule has 2 heterocycles. The second kappa shape index (κ2) is 8.00. The van der Waals surface area contributed by atoms with Gasteiger partial charge in [-0.3, -0.25) is 10.1 Å². The average Bonchev–Trinajstić information content (AvgIpc) is 2.79. The summed E-state index contributed by atoms with van der Waals surface area (Å²) in [5.41, 5.74) is 2.17. The molecule has 1 fully saturated rings. The molecule has 0 aliphatic carbocycles. The fourth-order valence-corrected chi connectivity index (χ4v) is 3.67. The maximum atomic E-state index is 12.5. The number of benzene rings is 1. The summed E-state index contributed by atoms with van der Waals surface area (Å²) < 4.78 is 2.27. The summed E-state index contributed by atoms with van der Waals surface area (Å²) in [6.07, 6.45) is 4.74. The summed E-state index contributed by atoms with van der Waals surface area (Å²) in [5, 5.41) is 3.40. The van der Waals surface area contributed by atoms with Gasteiger partial charge in [0.05, 0.1) is 23.6 Å². The zero-order valence-corrected chi connectivity index (χ0v) is 15.7. The molecule has 0 radical (unpaired) electrons. The molecule has 25 heavy (non-hydrogen) atoms. The number of nitrogens with one attached hydrogen (secondary N) is 1. The first-order valence-electron chi connectivity index (χ1n) is 9.56. The van der Waals surface area contributed by atoms with Crippen molar-refractivity contribution >= 4 is 16.9 Å². The third kappa shape index (κ3) is 4.03. The highest BCUT2D eigenvalue weighted by Crippen LogP contribution is 2.24. The van der Waals surface area contributed by atoms with Crippen LogP contribution in [0.1, 0.15) is 64.4 Å². The summed E-state index contributed by atoms with van der Waals surface area (Å²) in [6.45, 7) is 8.62. The molecule has 136 valence electrons. The number of imidazole rings is 1. The number of likely N-dealkylation sites (tertiary alicyclic amines) is 1. The first-order chi connectivity index (χ1) is 12.1. The van der Waals surface area contributed by atoms with E-state index in [4.69, 9.17) is 4.98 Å². The predicted molar refractivity (Wildman–Crippen MR) is 102 cm³/mol. The number of carbonyl (C=O) groups excluding carboxylic acids is 1. The lowest BCUT2D eigenvalue weighted by atomic mass is 10.2. The van der Waals surface area contributed by atoms with Crippen molar-refractivity contribution in [2.24, 2.45) is 0 Å². The van der Waals surface area contributed by atoms with Crippen LogP contribution in [0.3, 0.4) is 0 Å². The summed E-state index contributed by atoms with van der Waals surface area (Å²) in [4.78, 5) is 19.3.